The molecule has 1 fully saturated rings. The molecule has 0 radical (unpaired) electrons. The van der Waals surface area contributed by atoms with E-state index in [0.29, 0.717) is 37.4 Å². The molecule has 0 atom stereocenters. The molecule has 7 nitrogen and oxygen atoms in total. The number of hydrogen-bond acceptors (Lipinski definition) is 4. The van der Waals surface area contributed by atoms with Crippen LogP contribution in [0.15, 0.2) is 71.7 Å². The van der Waals surface area contributed by atoms with Gasteiger partial charge in [-0.2, -0.15) is 0 Å². The maximum Gasteiger partial charge on any atom is 0.253 e. The number of pyridine rings is 1. The van der Waals surface area contributed by atoms with Crippen molar-refractivity contribution in [2.75, 3.05) is 36.4 Å². The summed E-state index contributed by atoms with van der Waals surface area (Å²) in [6.45, 7) is 4.25. The first-order valence-corrected chi connectivity index (χ1v) is 10.8. The van der Waals surface area contributed by atoms with Crippen LogP contribution in [0.5, 0.6) is 0 Å². The van der Waals surface area contributed by atoms with E-state index in [2.05, 4.69) is 10.2 Å². The molecule has 0 saturated carbocycles. The van der Waals surface area contributed by atoms with E-state index in [1.54, 1.807) is 53.6 Å². The average molecular weight is 448 g/mol. The minimum Gasteiger partial charge on any atom is -0.368 e. The van der Waals surface area contributed by atoms with Crippen molar-refractivity contribution in [3.63, 3.8) is 0 Å². The number of nitrogens with zero attached hydrogens (tertiary/aromatic N) is 3. The molecular formula is C25H25FN4O3. The van der Waals surface area contributed by atoms with Crippen molar-refractivity contribution < 1.29 is 14.0 Å². The number of halogens is 1. The van der Waals surface area contributed by atoms with Gasteiger partial charge < -0.3 is 19.7 Å². The number of anilines is 2. The fourth-order valence-corrected chi connectivity index (χ4v) is 3.83. The zero-order chi connectivity index (χ0) is 23.4. The number of piperazine rings is 1. The van der Waals surface area contributed by atoms with Crippen LogP contribution in [0, 0.1) is 12.7 Å². The molecule has 1 aromatic heterocycles. The van der Waals surface area contributed by atoms with Crippen molar-refractivity contribution in [3.8, 4) is 0 Å². The normalized spacial score (nSPS) is 13.6. The number of aromatic nitrogens is 1. The van der Waals surface area contributed by atoms with Crippen LogP contribution in [0.3, 0.4) is 0 Å². The highest BCUT2D eigenvalue weighted by Crippen LogP contribution is 2.18. The van der Waals surface area contributed by atoms with E-state index >= 15 is 0 Å². The standard InChI is InChI=1S/C25H25FN4O3/c1-18-2-11-24(32)30(16-18)17-23(31)27-21-7-3-19(4-8-21)25(33)29-14-12-28(13-15-29)22-9-5-20(26)6-10-22/h2-11,16H,12-15,17H2,1H3,(H,27,31). The summed E-state index contributed by atoms with van der Waals surface area (Å²) in [5, 5.41) is 2.75. The number of aryl methyl sites for hydroxylation is 1. The third-order valence-electron chi connectivity index (χ3n) is 5.62. The molecule has 1 N–H and O–H groups in total. The molecule has 0 aliphatic carbocycles. The van der Waals surface area contributed by atoms with Gasteiger partial charge in [-0.05, 0) is 61.0 Å². The molecule has 2 amide bonds. The molecule has 8 heteroatoms. The number of carbonyl (C=O) groups is 2. The number of carbonyl (C=O) groups excluding carboxylic acids is 2. The van der Waals surface area contributed by atoms with Crippen LogP contribution < -0.4 is 15.8 Å². The van der Waals surface area contributed by atoms with Gasteiger partial charge in [-0.25, -0.2) is 4.39 Å². The molecule has 1 saturated heterocycles. The van der Waals surface area contributed by atoms with Gasteiger partial charge in [-0.3, -0.25) is 14.4 Å². The largest absolute Gasteiger partial charge is 0.368 e. The maximum absolute atomic E-state index is 13.1. The zero-order valence-corrected chi connectivity index (χ0v) is 18.3. The van der Waals surface area contributed by atoms with Crippen molar-refractivity contribution >= 4 is 23.2 Å². The Morgan fingerprint density at radius 2 is 1.58 bits per heavy atom. The molecule has 2 aromatic carbocycles. The summed E-state index contributed by atoms with van der Waals surface area (Å²) in [5.41, 5.74) is 2.69. The van der Waals surface area contributed by atoms with Crippen LogP contribution >= 0.6 is 0 Å². The van der Waals surface area contributed by atoms with E-state index in [-0.39, 0.29) is 29.7 Å². The van der Waals surface area contributed by atoms with Gasteiger partial charge in [0, 0.05) is 55.4 Å². The fraction of sp³-hybridized carbons (Fsp3) is 0.240. The van der Waals surface area contributed by atoms with Crippen LogP contribution in [0.1, 0.15) is 15.9 Å². The summed E-state index contributed by atoms with van der Waals surface area (Å²) >= 11 is 0. The van der Waals surface area contributed by atoms with Gasteiger partial charge in [0.1, 0.15) is 12.4 Å². The third-order valence-corrected chi connectivity index (χ3v) is 5.62. The SMILES string of the molecule is Cc1ccc(=O)n(CC(=O)Nc2ccc(C(=O)N3CCN(c4ccc(F)cc4)CC3)cc2)c1. The lowest BCUT2D eigenvalue weighted by Crippen LogP contribution is -2.48. The molecule has 0 bridgehead atoms. The van der Waals surface area contributed by atoms with Gasteiger partial charge in [0.05, 0.1) is 0 Å². The summed E-state index contributed by atoms with van der Waals surface area (Å²) in [5.74, 6) is -0.659. The van der Waals surface area contributed by atoms with Gasteiger partial charge in [0.15, 0.2) is 0 Å². The highest BCUT2D eigenvalue weighted by atomic mass is 19.1. The van der Waals surface area contributed by atoms with E-state index in [9.17, 15) is 18.8 Å². The Kier molecular flexibility index (Phi) is 6.53. The van der Waals surface area contributed by atoms with E-state index in [0.717, 1.165) is 11.3 Å². The van der Waals surface area contributed by atoms with Crippen molar-refractivity contribution in [1.29, 1.82) is 0 Å². The number of hydrogen-bond donors (Lipinski definition) is 1. The van der Waals surface area contributed by atoms with Gasteiger partial charge in [0.2, 0.25) is 5.91 Å². The Balaban J connectivity index is 1.32. The van der Waals surface area contributed by atoms with E-state index in [4.69, 9.17) is 0 Å². The Morgan fingerprint density at radius 3 is 2.24 bits per heavy atom. The van der Waals surface area contributed by atoms with Gasteiger partial charge in [0.25, 0.3) is 11.5 Å². The molecule has 2 heterocycles. The molecule has 170 valence electrons. The average Bonchev–Trinajstić information content (AvgIpc) is 2.82. The molecule has 0 unspecified atom stereocenters. The molecule has 4 rings (SSSR count). The molecule has 1 aliphatic rings. The Morgan fingerprint density at radius 1 is 0.909 bits per heavy atom. The summed E-state index contributed by atoms with van der Waals surface area (Å²) < 4.78 is 14.5. The number of benzene rings is 2. The predicted molar refractivity (Wildman–Crippen MR) is 125 cm³/mol. The quantitative estimate of drug-likeness (QED) is 0.651. The molecule has 33 heavy (non-hydrogen) atoms. The summed E-state index contributed by atoms with van der Waals surface area (Å²) in [4.78, 5) is 41.0. The van der Waals surface area contributed by atoms with Crippen LogP contribution in [-0.4, -0.2) is 47.5 Å². The van der Waals surface area contributed by atoms with E-state index in [1.807, 2.05) is 6.92 Å². The first-order valence-electron chi connectivity index (χ1n) is 10.8. The van der Waals surface area contributed by atoms with Crippen LogP contribution in [0.25, 0.3) is 0 Å². The highest BCUT2D eigenvalue weighted by molar-refractivity contribution is 5.96. The predicted octanol–water partition coefficient (Wildman–Crippen LogP) is 2.90. The van der Waals surface area contributed by atoms with Crippen molar-refractivity contribution in [2.24, 2.45) is 0 Å². The fourth-order valence-electron chi connectivity index (χ4n) is 3.83. The van der Waals surface area contributed by atoms with E-state index < -0.39 is 0 Å². The Hall–Kier alpha value is -3.94. The first kappa shape index (κ1) is 22.3. The molecule has 3 aromatic rings. The van der Waals surface area contributed by atoms with Gasteiger partial charge >= 0.3 is 0 Å². The van der Waals surface area contributed by atoms with Crippen LogP contribution in [-0.2, 0) is 11.3 Å². The van der Waals surface area contributed by atoms with Crippen molar-refractivity contribution in [2.45, 2.75) is 13.5 Å². The topological polar surface area (TPSA) is 74.6 Å². The Bertz CT molecular complexity index is 1200. The Labute approximate surface area is 191 Å². The second kappa shape index (κ2) is 9.68. The number of amides is 2. The lowest BCUT2D eigenvalue weighted by atomic mass is 10.1. The molecular weight excluding hydrogens is 423 g/mol. The van der Waals surface area contributed by atoms with Crippen molar-refractivity contribution in [1.82, 2.24) is 9.47 Å². The number of nitrogens with one attached hydrogen (secondary N) is 1. The summed E-state index contributed by atoms with van der Waals surface area (Å²) in [7, 11) is 0. The highest BCUT2D eigenvalue weighted by Gasteiger charge is 2.22. The van der Waals surface area contributed by atoms with Gasteiger partial charge in [-0.15, -0.1) is 0 Å². The minimum absolute atomic E-state index is 0.0713. The van der Waals surface area contributed by atoms with Gasteiger partial charge in [-0.1, -0.05) is 6.07 Å². The van der Waals surface area contributed by atoms with E-state index in [1.165, 1.54) is 22.8 Å². The third kappa shape index (κ3) is 5.46. The lowest BCUT2D eigenvalue weighted by Gasteiger charge is -2.36. The molecule has 1 aliphatic heterocycles. The van der Waals surface area contributed by atoms with Crippen molar-refractivity contribution in [3.05, 3.63) is 94.2 Å². The molecule has 0 spiro atoms. The second-order valence-corrected chi connectivity index (χ2v) is 8.05. The second-order valence-electron chi connectivity index (χ2n) is 8.05. The summed E-state index contributed by atoms with van der Waals surface area (Å²) in [6.07, 6.45) is 1.64. The zero-order valence-electron chi connectivity index (χ0n) is 18.3. The van der Waals surface area contributed by atoms with Crippen LogP contribution in [0.4, 0.5) is 15.8 Å². The lowest BCUT2D eigenvalue weighted by molar-refractivity contribution is -0.116. The monoisotopic (exact) mass is 448 g/mol. The summed E-state index contributed by atoms with van der Waals surface area (Å²) in [6, 6.07) is 16.2. The van der Waals surface area contributed by atoms with Crippen LogP contribution in [0.2, 0.25) is 0 Å². The minimum atomic E-state index is -0.321. The first-order chi connectivity index (χ1) is 15.9. The smallest absolute Gasteiger partial charge is 0.253 e. The number of rotatable bonds is 5. The maximum atomic E-state index is 13.1.